The van der Waals surface area contributed by atoms with Gasteiger partial charge in [-0.15, -0.1) is 11.3 Å². The first-order valence-electron chi connectivity index (χ1n) is 10.5. The fourth-order valence-electron chi connectivity index (χ4n) is 3.89. The zero-order chi connectivity index (χ0) is 23.8. The number of aromatic nitrogens is 3. The lowest BCUT2D eigenvalue weighted by molar-refractivity contribution is -0.116. The number of carbonyl (C=O) groups is 1. The van der Waals surface area contributed by atoms with Gasteiger partial charge in [-0.05, 0) is 48.4 Å². The van der Waals surface area contributed by atoms with E-state index in [0.29, 0.717) is 31.7 Å². The van der Waals surface area contributed by atoms with Crippen LogP contribution >= 0.6 is 11.3 Å². The van der Waals surface area contributed by atoms with Crippen LogP contribution in [-0.4, -0.2) is 20.0 Å². The van der Waals surface area contributed by atoms with Crippen LogP contribution in [0.3, 0.4) is 0 Å². The molecule has 1 amide bonds. The molecule has 0 aliphatic carbocycles. The van der Waals surface area contributed by atoms with Crippen LogP contribution in [0.1, 0.15) is 11.1 Å². The maximum Gasteiger partial charge on any atom is 0.332 e. The zero-order valence-electron chi connectivity index (χ0n) is 18.1. The average molecular weight is 475 g/mol. The molecule has 3 aromatic heterocycles. The van der Waals surface area contributed by atoms with Crippen LogP contribution in [0, 0.1) is 12.7 Å². The number of hydrogen-bond acceptors (Lipinski definition) is 5. The lowest BCUT2D eigenvalue weighted by atomic mass is 10.2. The summed E-state index contributed by atoms with van der Waals surface area (Å²) in [6.07, 6.45) is 1.61. The first-order valence-corrected chi connectivity index (χ1v) is 11.3. The Bertz CT molecular complexity index is 1670. The van der Waals surface area contributed by atoms with Gasteiger partial charge >= 0.3 is 5.69 Å². The molecule has 0 spiro atoms. The third-order valence-corrected chi connectivity index (χ3v) is 6.68. The summed E-state index contributed by atoms with van der Waals surface area (Å²) in [5.74, 6) is -0.805. The van der Waals surface area contributed by atoms with Crippen LogP contribution in [-0.2, 0) is 17.9 Å². The number of fused-ring (bicyclic) bond motifs is 3. The molecule has 9 heteroatoms. The number of benzene rings is 2. The minimum atomic E-state index is -0.620. The zero-order valence-corrected chi connectivity index (χ0v) is 18.9. The number of rotatable bonds is 5. The summed E-state index contributed by atoms with van der Waals surface area (Å²) in [7, 11) is 0. The number of halogens is 1. The Morgan fingerprint density at radius 3 is 2.56 bits per heavy atom. The molecule has 0 atom stereocenters. The van der Waals surface area contributed by atoms with E-state index < -0.39 is 23.0 Å². The molecule has 1 N–H and O–H groups in total. The minimum Gasteiger partial charge on any atom is -0.324 e. The molecule has 5 aromatic rings. The van der Waals surface area contributed by atoms with Crippen molar-refractivity contribution in [2.45, 2.75) is 20.0 Å². The smallest absolute Gasteiger partial charge is 0.324 e. The fourth-order valence-corrected chi connectivity index (χ4v) is 4.98. The van der Waals surface area contributed by atoms with E-state index in [1.807, 2.05) is 25.1 Å². The largest absolute Gasteiger partial charge is 0.332 e. The summed E-state index contributed by atoms with van der Waals surface area (Å²) in [5.41, 5.74) is 1.43. The average Bonchev–Trinajstić information content (AvgIpc) is 3.22. The summed E-state index contributed by atoms with van der Waals surface area (Å²) in [6.45, 7) is 1.55. The van der Waals surface area contributed by atoms with Gasteiger partial charge in [0.05, 0.1) is 12.1 Å². The highest BCUT2D eigenvalue weighted by Crippen LogP contribution is 2.29. The quantitative estimate of drug-likeness (QED) is 0.419. The molecule has 0 aliphatic heterocycles. The van der Waals surface area contributed by atoms with Crippen LogP contribution in [0.25, 0.3) is 20.4 Å². The summed E-state index contributed by atoms with van der Waals surface area (Å²) >= 11 is 1.18. The summed E-state index contributed by atoms with van der Waals surface area (Å²) in [5, 5.41) is 3.47. The Morgan fingerprint density at radius 2 is 1.79 bits per heavy atom. The number of aryl methyl sites for hydroxylation is 1. The van der Waals surface area contributed by atoms with E-state index in [1.165, 1.54) is 40.2 Å². The maximum atomic E-state index is 13.5. The number of amides is 1. The monoisotopic (exact) mass is 474 g/mol. The molecule has 0 unspecified atom stereocenters. The van der Waals surface area contributed by atoms with Gasteiger partial charge in [-0.25, -0.2) is 14.2 Å². The van der Waals surface area contributed by atoms with E-state index in [9.17, 15) is 18.8 Å². The van der Waals surface area contributed by atoms with Gasteiger partial charge in [-0.1, -0.05) is 30.3 Å². The highest BCUT2D eigenvalue weighted by atomic mass is 32.1. The summed E-state index contributed by atoms with van der Waals surface area (Å²) in [4.78, 5) is 44.7. The molecule has 0 fully saturated rings. The molecule has 0 aliphatic rings. The van der Waals surface area contributed by atoms with E-state index in [2.05, 4.69) is 10.3 Å². The Hall–Kier alpha value is -4.11. The predicted molar refractivity (Wildman–Crippen MR) is 131 cm³/mol. The molecule has 170 valence electrons. The highest BCUT2D eigenvalue weighted by Gasteiger charge is 2.20. The molecular formula is C25H19FN4O3S. The van der Waals surface area contributed by atoms with Gasteiger partial charge in [-0.2, -0.15) is 0 Å². The van der Waals surface area contributed by atoms with Crippen molar-refractivity contribution in [3.8, 4) is 0 Å². The van der Waals surface area contributed by atoms with Gasteiger partial charge in [0.25, 0.3) is 5.56 Å². The maximum absolute atomic E-state index is 13.5. The van der Waals surface area contributed by atoms with Crippen molar-refractivity contribution in [2.24, 2.45) is 0 Å². The van der Waals surface area contributed by atoms with E-state index in [-0.39, 0.29) is 13.1 Å². The van der Waals surface area contributed by atoms with E-state index >= 15 is 0 Å². The minimum absolute atomic E-state index is 0.0467. The number of thiophene rings is 1. The van der Waals surface area contributed by atoms with Crippen molar-refractivity contribution in [3.63, 3.8) is 0 Å². The lowest BCUT2D eigenvalue weighted by Crippen LogP contribution is -2.41. The van der Waals surface area contributed by atoms with Crippen molar-refractivity contribution in [1.29, 1.82) is 0 Å². The summed E-state index contributed by atoms with van der Waals surface area (Å²) in [6, 6.07) is 16.4. The fraction of sp³-hybridized carbons (Fsp3) is 0.120. The van der Waals surface area contributed by atoms with Gasteiger partial charge < -0.3 is 5.32 Å². The number of carbonyl (C=O) groups excluding carboxylic acids is 1. The number of nitrogens with zero attached hydrogens (tertiary/aromatic N) is 3. The van der Waals surface area contributed by atoms with Crippen molar-refractivity contribution in [2.75, 3.05) is 5.32 Å². The number of anilines is 1. The van der Waals surface area contributed by atoms with Gasteiger partial charge in [0.1, 0.15) is 21.9 Å². The third kappa shape index (κ3) is 3.90. The molecule has 0 bridgehead atoms. The normalized spacial score (nSPS) is 11.2. The first kappa shape index (κ1) is 21.7. The molecule has 3 heterocycles. The molecule has 0 saturated carbocycles. The van der Waals surface area contributed by atoms with Crippen molar-refractivity contribution in [3.05, 3.63) is 105 Å². The van der Waals surface area contributed by atoms with Gasteiger partial charge in [0, 0.05) is 17.3 Å². The first-order chi connectivity index (χ1) is 16.4. The molecule has 5 rings (SSSR count). The summed E-state index contributed by atoms with van der Waals surface area (Å²) < 4.78 is 16.1. The molecule has 2 aromatic carbocycles. The Morgan fingerprint density at radius 1 is 1.03 bits per heavy atom. The number of pyridine rings is 1. The van der Waals surface area contributed by atoms with Gasteiger partial charge in [0.2, 0.25) is 5.91 Å². The van der Waals surface area contributed by atoms with Crippen LogP contribution in [0.2, 0.25) is 0 Å². The topological polar surface area (TPSA) is 86.0 Å². The van der Waals surface area contributed by atoms with Crippen molar-refractivity contribution >= 4 is 43.4 Å². The highest BCUT2D eigenvalue weighted by molar-refractivity contribution is 7.25. The Kier molecular flexibility index (Phi) is 5.54. The van der Waals surface area contributed by atoms with E-state index in [4.69, 9.17) is 0 Å². The molecular weight excluding hydrogens is 455 g/mol. The number of para-hydroxylation sites is 1. The molecule has 0 radical (unpaired) electrons. The predicted octanol–water partition coefficient (Wildman–Crippen LogP) is 3.91. The molecule has 7 nitrogen and oxygen atoms in total. The Balaban J connectivity index is 1.66. The van der Waals surface area contributed by atoms with Gasteiger partial charge in [0.15, 0.2) is 0 Å². The van der Waals surface area contributed by atoms with Gasteiger partial charge in [-0.3, -0.25) is 18.7 Å². The number of nitrogens with one attached hydrogen (secondary N) is 1. The standard InChI is InChI=1S/C25H19FN4O3S/c1-15-5-2-3-7-19(15)28-20(31)14-29-21-18-6-4-12-27-23(18)34-22(21)24(32)30(25(29)33)13-16-8-10-17(26)11-9-16/h2-12H,13-14H2,1H3,(H,28,31). The van der Waals surface area contributed by atoms with Crippen LogP contribution in [0.4, 0.5) is 10.1 Å². The Labute approximate surface area is 196 Å². The van der Waals surface area contributed by atoms with Crippen LogP contribution in [0.5, 0.6) is 0 Å². The molecule has 0 saturated heterocycles. The lowest BCUT2D eigenvalue weighted by Gasteiger charge is -2.13. The van der Waals surface area contributed by atoms with Crippen molar-refractivity contribution < 1.29 is 9.18 Å². The molecule has 34 heavy (non-hydrogen) atoms. The van der Waals surface area contributed by atoms with E-state index in [0.717, 1.165) is 10.1 Å². The van der Waals surface area contributed by atoms with E-state index in [1.54, 1.807) is 24.4 Å². The van der Waals surface area contributed by atoms with Crippen molar-refractivity contribution in [1.82, 2.24) is 14.1 Å². The number of hydrogen-bond donors (Lipinski definition) is 1. The second kappa shape index (κ2) is 8.68. The third-order valence-electron chi connectivity index (χ3n) is 5.59. The van der Waals surface area contributed by atoms with Crippen LogP contribution in [0.15, 0.2) is 76.4 Å². The second-order valence-electron chi connectivity index (χ2n) is 7.89. The van der Waals surface area contributed by atoms with Crippen LogP contribution < -0.4 is 16.6 Å². The second-order valence-corrected chi connectivity index (χ2v) is 8.88. The SMILES string of the molecule is Cc1ccccc1NC(=O)Cn1c(=O)n(Cc2ccc(F)cc2)c(=O)c2sc3ncccc3c21.